The van der Waals surface area contributed by atoms with Gasteiger partial charge in [-0.2, -0.15) is 0 Å². The first-order chi connectivity index (χ1) is 8.27. The third-order valence-electron chi connectivity index (χ3n) is 2.45. The molecule has 0 saturated heterocycles. The molecule has 3 nitrogen and oxygen atoms in total. The smallest absolute Gasteiger partial charge is 0.234 e. The van der Waals surface area contributed by atoms with Crippen LogP contribution in [0.5, 0.6) is 0 Å². The van der Waals surface area contributed by atoms with Crippen LogP contribution < -0.4 is 5.73 Å². The van der Waals surface area contributed by atoms with Crippen LogP contribution in [0.1, 0.15) is 18.4 Å². The molecular formula is C14H18N2O. The molecule has 0 unspecified atom stereocenters. The Labute approximate surface area is 103 Å². The van der Waals surface area contributed by atoms with Crippen LogP contribution in [0.2, 0.25) is 0 Å². The molecule has 0 radical (unpaired) electrons. The topological polar surface area (TPSA) is 46.3 Å². The van der Waals surface area contributed by atoms with Gasteiger partial charge in [-0.1, -0.05) is 36.3 Å². The van der Waals surface area contributed by atoms with Crippen LogP contribution in [-0.2, 0) is 11.3 Å². The molecule has 1 aromatic carbocycles. The lowest BCUT2D eigenvalue weighted by atomic mass is 10.2. The number of carbonyl (C=O) groups excluding carboxylic acids is 1. The third-order valence-corrected chi connectivity index (χ3v) is 2.45. The zero-order chi connectivity index (χ0) is 12.5. The van der Waals surface area contributed by atoms with Gasteiger partial charge in [-0.3, -0.25) is 4.79 Å². The zero-order valence-corrected chi connectivity index (χ0v) is 9.93. The summed E-state index contributed by atoms with van der Waals surface area (Å²) in [7, 11) is 0. The van der Waals surface area contributed by atoms with Crippen molar-refractivity contribution in [2.75, 3.05) is 13.1 Å². The van der Waals surface area contributed by atoms with Crippen molar-refractivity contribution in [3.8, 4) is 12.3 Å². The van der Waals surface area contributed by atoms with E-state index in [1.165, 1.54) is 0 Å². The first kappa shape index (κ1) is 13.3. The molecule has 2 N–H and O–H groups in total. The first-order valence-electron chi connectivity index (χ1n) is 5.73. The second-order valence-electron chi connectivity index (χ2n) is 3.82. The minimum atomic E-state index is -0.00944. The fourth-order valence-electron chi connectivity index (χ4n) is 1.58. The molecule has 0 aliphatic rings. The SMILES string of the molecule is C#CCC(=O)N(CCCN)Cc1ccccc1. The lowest BCUT2D eigenvalue weighted by molar-refractivity contribution is -0.130. The van der Waals surface area contributed by atoms with Crippen molar-refractivity contribution >= 4 is 5.91 Å². The highest BCUT2D eigenvalue weighted by molar-refractivity contribution is 5.78. The van der Waals surface area contributed by atoms with Gasteiger partial charge in [0, 0.05) is 13.1 Å². The van der Waals surface area contributed by atoms with Crippen molar-refractivity contribution in [2.45, 2.75) is 19.4 Å². The molecule has 3 heteroatoms. The van der Waals surface area contributed by atoms with E-state index >= 15 is 0 Å². The Morgan fingerprint density at radius 1 is 1.35 bits per heavy atom. The van der Waals surface area contributed by atoms with Crippen LogP contribution >= 0.6 is 0 Å². The highest BCUT2D eigenvalue weighted by Gasteiger charge is 2.11. The number of amides is 1. The molecule has 0 spiro atoms. The minimum absolute atomic E-state index is 0.00944. The van der Waals surface area contributed by atoms with Crippen LogP contribution in [0.15, 0.2) is 30.3 Å². The first-order valence-corrected chi connectivity index (χ1v) is 5.73. The molecule has 0 aliphatic carbocycles. The highest BCUT2D eigenvalue weighted by atomic mass is 16.2. The van der Waals surface area contributed by atoms with Crippen molar-refractivity contribution in [2.24, 2.45) is 5.73 Å². The quantitative estimate of drug-likeness (QED) is 0.751. The van der Waals surface area contributed by atoms with E-state index in [2.05, 4.69) is 5.92 Å². The molecule has 0 aromatic heterocycles. The summed E-state index contributed by atoms with van der Waals surface area (Å²) in [6.45, 7) is 1.84. The van der Waals surface area contributed by atoms with Gasteiger partial charge in [0.2, 0.25) is 5.91 Å². The van der Waals surface area contributed by atoms with Gasteiger partial charge in [0.15, 0.2) is 0 Å². The number of nitrogens with zero attached hydrogens (tertiary/aromatic N) is 1. The van der Waals surface area contributed by atoms with Gasteiger partial charge in [-0.15, -0.1) is 6.42 Å². The van der Waals surface area contributed by atoms with Crippen molar-refractivity contribution in [3.63, 3.8) is 0 Å². The van der Waals surface area contributed by atoms with Crippen LogP contribution in [0, 0.1) is 12.3 Å². The van der Waals surface area contributed by atoms with E-state index in [1.54, 1.807) is 4.90 Å². The number of terminal acetylenes is 1. The van der Waals surface area contributed by atoms with Gasteiger partial charge in [0.05, 0.1) is 6.42 Å². The van der Waals surface area contributed by atoms with Crippen molar-refractivity contribution in [1.29, 1.82) is 0 Å². The fourth-order valence-corrected chi connectivity index (χ4v) is 1.58. The molecule has 0 saturated carbocycles. The van der Waals surface area contributed by atoms with E-state index in [-0.39, 0.29) is 12.3 Å². The predicted octanol–water partition coefficient (Wildman–Crippen LogP) is 1.39. The summed E-state index contributed by atoms with van der Waals surface area (Å²) in [5.41, 5.74) is 6.57. The molecule has 0 atom stereocenters. The van der Waals surface area contributed by atoms with E-state index in [0.717, 1.165) is 12.0 Å². The molecule has 17 heavy (non-hydrogen) atoms. The van der Waals surface area contributed by atoms with Crippen LogP contribution in [0.25, 0.3) is 0 Å². The number of carbonyl (C=O) groups is 1. The maximum absolute atomic E-state index is 11.8. The van der Waals surface area contributed by atoms with Crippen molar-refractivity contribution < 1.29 is 4.79 Å². The van der Waals surface area contributed by atoms with Crippen LogP contribution in [0.3, 0.4) is 0 Å². The third kappa shape index (κ3) is 4.71. The summed E-state index contributed by atoms with van der Waals surface area (Å²) >= 11 is 0. The summed E-state index contributed by atoms with van der Waals surface area (Å²) in [4.78, 5) is 13.6. The Morgan fingerprint density at radius 3 is 2.65 bits per heavy atom. The molecule has 1 aromatic rings. The molecule has 0 fully saturated rings. The monoisotopic (exact) mass is 230 g/mol. The summed E-state index contributed by atoms with van der Waals surface area (Å²) in [5.74, 6) is 2.38. The van der Waals surface area contributed by atoms with Gasteiger partial charge in [0.25, 0.3) is 0 Å². The highest BCUT2D eigenvalue weighted by Crippen LogP contribution is 2.06. The fraction of sp³-hybridized carbons (Fsp3) is 0.357. The van der Waals surface area contributed by atoms with Crippen LogP contribution in [-0.4, -0.2) is 23.9 Å². The van der Waals surface area contributed by atoms with E-state index < -0.39 is 0 Å². The van der Waals surface area contributed by atoms with E-state index in [4.69, 9.17) is 12.2 Å². The molecular weight excluding hydrogens is 212 g/mol. The number of benzene rings is 1. The van der Waals surface area contributed by atoms with Crippen molar-refractivity contribution in [1.82, 2.24) is 4.90 Å². The normalized spacial score (nSPS) is 9.65. The summed E-state index contributed by atoms with van der Waals surface area (Å²) in [5, 5.41) is 0. The lowest BCUT2D eigenvalue weighted by Crippen LogP contribution is -2.32. The standard InChI is InChI=1S/C14H18N2O/c1-2-7-14(17)16(11-6-10-15)12-13-8-4-3-5-9-13/h1,3-5,8-9H,6-7,10-12,15H2. The van der Waals surface area contributed by atoms with E-state index in [9.17, 15) is 4.79 Å². The van der Waals surface area contributed by atoms with Gasteiger partial charge in [-0.05, 0) is 18.5 Å². The molecule has 0 bridgehead atoms. The maximum atomic E-state index is 11.8. The number of nitrogens with two attached hydrogens (primary N) is 1. The second kappa shape index (κ2) is 7.48. The summed E-state index contributed by atoms with van der Waals surface area (Å²) in [6, 6.07) is 9.87. The number of rotatable bonds is 6. The Kier molecular flexibility index (Phi) is 5.84. The average molecular weight is 230 g/mol. The summed E-state index contributed by atoms with van der Waals surface area (Å²) in [6.07, 6.45) is 6.11. The largest absolute Gasteiger partial charge is 0.337 e. The number of hydrogen-bond acceptors (Lipinski definition) is 2. The Balaban J connectivity index is 2.63. The molecule has 0 heterocycles. The van der Waals surface area contributed by atoms with Gasteiger partial charge < -0.3 is 10.6 Å². The number of hydrogen-bond donors (Lipinski definition) is 1. The average Bonchev–Trinajstić information content (AvgIpc) is 2.36. The lowest BCUT2D eigenvalue weighted by Gasteiger charge is -2.21. The molecule has 0 aliphatic heterocycles. The van der Waals surface area contributed by atoms with Gasteiger partial charge >= 0.3 is 0 Å². The Hall–Kier alpha value is -1.79. The van der Waals surface area contributed by atoms with E-state index in [0.29, 0.717) is 19.6 Å². The van der Waals surface area contributed by atoms with E-state index in [1.807, 2.05) is 30.3 Å². The van der Waals surface area contributed by atoms with Gasteiger partial charge in [-0.25, -0.2) is 0 Å². The molecule has 1 amide bonds. The second-order valence-corrected chi connectivity index (χ2v) is 3.82. The Bertz CT molecular complexity index is 381. The van der Waals surface area contributed by atoms with Crippen molar-refractivity contribution in [3.05, 3.63) is 35.9 Å². The minimum Gasteiger partial charge on any atom is -0.337 e. The van der Waals surface area contributed by atoms with Crippen LogP contribution in [0.4, 0.5) is 0 Å². The summed E-state index contributed by atoms with van der Waals surface area (Å²) < 4.78 is 0. The maximum Gasteiger partial charge on any atom is 0.234 e. The van der Waals surface area contributed by atoms with Gasteiger partial charge in [0.1, 0.15) is 0 Å². The zero-order valence-electron chi connectivity index (χ0n) is 9.93. The molecule has 1 rings (SSSR count). The Morgan fingerprint density at radius 2 is 2.06 bits per heavy atom. The predicted molar refractivity (Wildman–Crippen MR) is 69.0 cm³/mol. The molecule has 90 valence electrons.